The number of hydrogen-bond donors (Lipinski definition) is 1. The van der Waals surface area contributed by atoms with Gasteiger partial charge in [-0.1, -0.05) is 43.6 Å². The molecule has 0 unspecified atom stereocenters. The third kappa shape index (κ3) is 5.52. The monoisotopic (exact) mass is 550 g/mol. The van der Waals surface area contributed by atoms with Crippen LogP contribution in [-0.4, -0.2) is 65.0 Å². The van der Waals surface area contributed by atoms with E-state index in [4.69, 9.17) is 16.3 Å². The van der Waals surface area contributed by atoms with Gasteiger partial charge in [-0.15, -0.1) is 0 Å². The number of ether oxygens (including phenoxy) is 1. The molecule has 0 bridgehead atoms. The number of likely N-dealkylation sites (tertiary alicyclic amines) is 1. The molecule has 2 aliphatic heterocycles. The average Bonchev–Trinajstić information content (AvgIpc) is 3.26. The fourth-order valence-electron chi connectivity index (χ4n) is 6.37. The summed E-state index contributed by atoms with van der Waals surface area (Å²) in [5.74, 6) is 1.78. The Labute approximate surface area is 236 Å². The summed E-state index contributed by atoms with van der Waals surface area (Å²) >= 11 is 6.50. The van der Waals surface area contributed by atoms with E-state index in [1.807, 2.05) is 60.0 Å². The first-order chi connectivity index (χ1) is 18.7. The van der Waals surface area contributed by atoms with Gasteiger partial charge in [0.1, 0.15) is 17.0 Å². The van der Waals surface area contributed by atoms with Crippen molar-refractivity contribution in [2.45, 2.75) is 52.2 Å². The van der Waals surface area contributed by atoms with Crippen LogP contribution in [-0.2, 0) is 17.9 Å². The summed E-state index contributed by atoms with van der Waals surface area (Å²) in [5.41, 5.74) is 1.14. The molecule has 3 heterocycles. The zero-order valence-corrected chi connectivity index (χ0v) is 24.1. The van der Waals surface area contributed by atoms with E-state index in [9.17, 15) is 9.59 Å². The van der Waals surface area contributed by atoms with Crippen LogP contribution in [0.15, 0.2) is 48.5 Å². The molecule has 0 spiro atoms. The molecule has 8 heteroatoms. The number of carbonyl (C=O) groups is 2. The second kappa shape index (κ2) is 11.2. The molecule has 5 rings (SSSR count). The predicted octanol–water partition coefficient (Wildman–Crippen LogP) is 5.20. The Hall–Kier alpha value is -3.03. The Balaban J connectivity index is 1.39. The number of nitrogens with zero attached hydrogens (tertiary/aromatic N) is 3. The molecule has 2 aliphatic rings. The van der Waals surface area contributed by atoms with Gasteiger partial charge in [0.25, 0.3) is 5.91 Å². The zero-order valence-electron chi connectivity index (χ0n) is 23.4. The number of fused-ring (bicyclic) bond motifs is 3. The summed E-state index contributed by atoms with van der Waals surface area (Å²) < 4.78 is 7.40. The molecule has 3 atom stereocenters. The van der Waals surface area contributed by atoms with Crippen LogP contribution in [0.25, 0.3) is 10.9 Å². The van der Waals surface area contributed by atoms with Crippen molar-refractivity contribution in [2.24, 2.45) is 11.8 Å². The minimum absolute atomic E-state index is 0.154. The summed E-state index contributed by atoms with van der Waals surface area (Å²) in [7, 11) is 1.63. The van der Waals surface area contributed by atoms with Gasteiger partial charge < -0.3 is 24.4 Å². The van der Waals surface area contributed by atoms with Crippen LogP contribution in [0.3, 0.4) is 0 Å². The minimum Gasteiger partial charge on any atom is -0.497 e. The summed E-state index contributed by atoms with van der Waals surface area (Å²) in [4.78, 5) is 32.1. The number of carbonyl (C=O) groups excluding carboxylic acids is 2. The van der Waals surface area contributed by atoms with Crippen molar-refractivity contribution in [2.75, 3.05) is 33.3 Å². The Morgan fingerprint density at radius 3 is 2.59 bits per heavy atom. The first kappa shape index (κ1) is 27.5. The van der Waals surface area contributed by atoms with Gasteiger partial charge in [-0.3, -0.25) is 9.59 Å². The Morgan fingerprint density at radius 1 is 1.13 bits per heavy atom. The van der Waals surface area contributed by atoms with Crippen LogP contribution in [0.4, 0.5) is 0 Å². The lowest BCUT2D eigenvalue weighted by atomic mass is 9.92. The van der Waals surface area contributed by atoms with Gasteiger partial charge in [0.2, 0.25) is 5.91 Å². The van der Waals surface area contributed by atoms with E-state index in [2.05, 4.69) is 24.1 Å². The average molecular weight is 551 g/mol. The number of piperidine rings is 1. The van der Waals surface area contributed by atoms with Gasteiger partial charge in [0, 0.05) is 42.7 Å². The van der Waals surface area contributed by atoms with Gasteiger partial charge in [-0.05, 0) is 68.0 Å². The molecule has 1 N–H and O–H groups in total. The lowest BCUT2D eigenvalue weighted by molar-refractivity contribution is -0.133. The van der Waals surface area contributed by atoms with Crippen molar-refractivity contribution in [1.29, 1.82) is 0 Å². The second-order valence-electron chi connectivity index (χ2n) is 11.6. The first-order valence-electron chi connectivity index (χ1n) is 13.9. The van der Waals surface area contributed by atoms with Crippen LogP contribution in [0.2, 0.25) is 5.02 Å². The highest BCUT2D eigenvalue weighted by Crippen LogP contribution is 2.35. The van der Waals surface area contributed by atoms with Crippen molar-refractivity contribution < 1.29 is 14.3 Å². The fourth-order valence-corrected chi connectivity index (χ4v) is 6.57. The number of benzene rings is 2. The molecular formula is C31H39ClN4O3. The SMILES string of the molecule is COc1ccc2cc3n(c2c1)C[C@](C)(C(=O)NCCCN1C[C@H](C)C[C@H](C)C1)N(Cc1ccccc1Cl)C3=O. The highest BCUT2D eigenvalue weighted by atomic mass is 35.5. The molecule has 1 saturated heterocycles. The normalized spacial score (nSPS) is 23.6. The predicted molar refractivity (Wildman–Crippen MR) is 155 cm³/mol. The number of methoxy groups -OCH3 is 1. The maximum absolute atomic E-state index is 14.0. The lowest BCUT2D eigenvalue weighted by Gasteiger charge is -2.44. The molecule has 0 radical (unpaired) electrons. The van der Waals surface area contributed by atoms with Gasteiger partial charge in [-0.2, -0.15) is 0 Å². The summed E-state index contributed by atoms with van der Waals surface area (Å²) in [6.45, 7) is 10.8. The lowest BCUT2D eigenvalue weighted by Crippen LogP contribution is -2.63. The molecular weight excluding hydrogens is 512 g/mol. The molecule has 208 valence electrons. The van der Waals surface area contributed by atoms with E-state index in [0.717, 1.165) is 42.5 Å². The van der Waals surface area contributed by atoms with Crippen LogP contribution in [0, 0.1) is 11.8 Å². The number of nitrogens with one attached hydrogen (secondary N) is 1. The van der Waals surface area contributed by atoms with Gasteiger partial charge >= 0.3 is 0 Å². The third-order valence-corrected chi connectivity index (χ3v) is 8.66. The van der Waals surface area contributed by atoms with Gasteiger partial charge in [0.05, 0.1) is 19.2 Å². The maximum Gasteiger partial charge on any atom is 0.271 e. The Bertz CT molecular complexity index is 1360. The molecule has 3 aromatic rings. The number of amides is 2. The van der Waals surface area contributed by atoms with E-state index < -0.39 is 5.54 Å². The van der Waals surface area contributed by atoms with Crippen molar-refractivity contribution in [3.8, 4) is 5.75 Å². The van der Waals surface area contributed by atoms with Crippen LogP contribution < -0.4 is 10.1 Å². The summed E-state index contributed by atoms with van der Waals surface area (Å²) in [6, 6.07) is 15.1. The topological polar surface area (TPSA) is 66.8 Å². The number of hydrogen-bond acceptors (Lipinski definition) is 4. The number of aromatic nitrogens is 1. The molecule has 1 aromatic heterocycles. The standard InChI is InChI=1S/C31H39ClN4O3/c1-21-14-22(2)18-34(17-21)13-7-12-33-30(38)31(3)20-35-27-16-25(39-4)11-10-23(27)15-28(35)29(37)36(31)19-24-8-5-6-9-26(24)32/h5-6,8-11,15-16,21-22H,7,12-14,17-20H2,1-4H3,(H,33,38)/t21-,22+,31-/m1/s1. The molecule has 2 amide bonds. The molecule has 1 fully saturated rings. The van der Waals surface area contributed by atoms with Crippen molar-refractivity contribution in [1.82, 2.24) is 19.7 Å². The van der Waals surface area contributed by atoms with Crippen molar-refractivity contribution in [3.63, 3.8) is 0 Å². The minimum atomic E-state index is -1.10. The maximum atomic E-state index is 14.0. The number of rotatable bonds is 8. The van der Waals surface area contributed by atoms with Crippen molar-refractivity contribution in [3.05, 3.63) is 64.8 Å². The van der Waals surface area contributed by atoms with Crippen LogP contribution in [0.5, 0.6) is 5.75 Å². The molecule has 2 aromatic carbocycles. The van der Waals surface area contributed by atoms with E-state index in [-0.39, 0.29) is 18.4 Å². The quantitative estimate of drug-likeness (QED) is 0.391. The summed E-state index contributed by atoms with van der Waals surface area (Å²) in [6.07, 6.45) is 2.15. The smallest absolute Gasteiger partial charge is 0.271 e. The molecule has 0 saturated carbocycles. The van der Waals surface area contributed by atoms with E-state index in [1.54, 1.807) is 12.0 Å². The summed E-state index contributed by atoms with van der Waals surface area (Å²) in [5, 5.41) is 4.68. The first-order valence-corrected chi connectivity index (χ1v) is 14.3. The second-order valence-corrected chi connectivity index (χ2v) is 12.0. The molecule has 0 aliphatic carbocycles. The highest BCUT2D eigenvalue weighted by Gasteiger charge is 2.47. The molecule has 39 heavy (non-hydrogen) atoms. The van der Waals surface area contributed by atoms with Gasteiger partial charge in [-0.25, -0.2) is 0 Å². The highest BCUT2D eigenvalue weighted by molar-refractivity contribution is 6.31. The molecule has 7 nitrogen and oxygen atoms in total. The van der Waals surface area contributed by atoms with Crippen LogP contribution in [0.1, 0.15) is 49.7 Å². The van der Waals surface area contributed by atoms with Gasteiger partial charge in [0.15, 0.2) is 0 Å². The van der Waals surface area contributed by atoms with Crippen molar-refractivity contribution >= 4 is 34.3 Å². The van der Waals surface area contributed by atoms with E-state index >= 15 is 0 Å². The van der Waals surface area contributed by atoms with E-state index in [1.165, 1.54) is 6.42 Å². The fraction of sp³-hybridized carbons (Fsp3) is 0.484. The Morgan fingerprint density at radius 2 is 1.87 bits per heavy atom. The third-order valence-electron chi connectivity index (χ3n) is 8.29. The number of halogens is 1. The Kier molecular flexibility index (Phi) is 7.92. The largest absolute Gasteiger partial charge is 0.497 e. The van der Waals surface area contributed by atoms with Crippen LogP contribution >= 0.6 is 11.6 Å². The zero-order chi connectivity index (χ0) is 27.7. The van der Waals surface area contributed by atoms with E-state index in [0.29, 0.717) is 41.4 Å².